The molecule has 108 valence electrons. The molecule has 0 aliphatic rings. The molecule has 8 heteroatoms. The number of aromatic hydroxyl groups is 2. The fourth-order valence-corrected chi connectivity index (χ4v) is 1.82. The SMILES string of the molecule is O=C(Nc1c(O)cccc1[N+](=O)[O-])c1ccc(O)c(Cl)c1. The molecule has 3 N–H and O–H groups in total. The summed E-state index contributed by atoms with van der Waals surface area (Å²) in [5, 5.41) is 32.0. The van der Waals surface area contributed by atoms with Crippen LogP contribution in [0.15, 0.2) is 36.4 Å². The second-order valence-corrected chi connectivity index (χ2v) is 4.46. The number of phenolic OH excluding ortho intramolecular Hbond substituents is 2. The van der Waals surface area contributed by atoms with E-state index in [0.717, 1.165) is 6.07 Å². The van der Waals surface area contributed by atoms with Crippen LogP contribution >= 0.6 is 11.6 Å². The maximum atomic E-state index is 12.0. The molecule has 2 rings (SSSR count). The van der Waals surface area contributed by atoms with Crippen LogP contribution < -0.4 is 5.32 Å². The molecule has 0 aliphatic heterocycles. The quantitative estimate of drug-likeness (QED) is 0.458. The van der Waals surface area contributed by atoms with E-state index < -0.39 is 22.3 Å². The molecule has 0 bridgehead atoms. The summed E-state index contributed by atoms with van der Waals surface area (Å²) in [5.41, 5.74) is -0.666. The second-order valence-electron chi connectivity index (χ2n) is 4.05. The van der Waals surface area contributed by atoms with E-state index in [0.29, 0.717) is 0 Å². The minimum atomic E-state index is -0.723. The number of carbonyl (C=O) groups excluding carboxylic acids is 1. The van der Waals surface area contributed by atoms with Crippen LogP contribution in [0.3, 0.4) is 0 Å². The van der Waals surface area contributed by atoms with Crippen molar-refractivity contribution in [2.45, 2.75) is 0 Å². The summed E-state index contributed by atoms with van der Waals surface area (Å²) in [6.45, 7) is 0. The third-order valence-electron chi connectivity index (χ3n) is 2.67. The van der Waals surface area contributed by atoms with Gasteiger partial charge in [-0.15, -0.1) is 0 Å². The van der Waals surface area contributed by atoms with Crippen LogP contribution in [0.5, 0.6) is 11.5 Å². The van der Waals surface area contributed by atoms with Gasteiger partial charge in [0.2, 0.25) is 0 Å². The van der Waals surface area contributed by atoms with Crippen molar-refractivity contribution in [1.29, 1.82) is 0 Å². The van der Waals surface area contributed by atoms with Crippen LogP contribution in [0.1, 0.15) is 10.4 Å². The zero-order valence-electron chi connectivity index (χ0n) is 10.4. The van der Waals surface area contributed by atoms with Crippen molar-refractivity contribution in [1.82, 2.24) is 0 Å². The molecule has 2 aromatic rings. The van der Waals surface area contributed by atoms with E-state index in [1.807, 2.05) is 0 Å². The first-order chi connectivity index (χ1) is 9.90. The lowest BCUT2D eigenvalue weighted by Crippen LogP contribution is -2.13. The van der Waals surface area contributed by atoms with Gasteiger partial charge in [0.15, 0.2) is 5.69 Å². The Morgan fingerprint density at radius 1 is 1.19 bits per heavy atom. The normalized spacial score (nSPS) is 10.1. The molecule has 2 aromatic carbocycles. The van der Waals surface area contributed by atoms with E-state index in [-0.39, 0.29) is 22.0 Å². The predicted molar refractivity (Wildman–Crippen MR) is 75.8 cm³/mol. The molecule has 0 unspecified atom stereocenters. The van der Waals surface area contributed by atoms with E-state index in [4.69, 9.17) is 11.6 Å². The van der Waals surface area contributed by atoms with Gasteiger partial charge in [-0.25, -0.2) is 0 Å². The van der Waals surface area contributed by atoms with Gasteiger partial charge >= 0.3 is 0 Å². The van der Waals surface area contributed by atoms with E-state index in [9.17, 15) is 25.1 Å². The van der Waals surface area contributed by atoms with Crippen molar-refractivity contribution < 1.29 is 19.9 Å². The molecule has 1 amide bonds. The molecular formula is C13H9ClN2O5. The number of hydrogen-bond donors (Lipinski definition) is 3. The second kappa shape index (κ2) is 5.68. The lowest BCUT2D eigenvalue weighted by Gasteiger charge is -2.08. The van der Waals surface area contributed by atoms with Gasteiger partial charge in [0.05, 0.1) is 9.95 Å². The van der Waals surface area contributed by atoms with Crippen molar-refractivity contribution in [3.63, 3.8) is 0 Å². The smallest absolute Gasteiger partial charge is 0.296 e. The highest BCUT2D eigenvalue weighted by atomic mass is 35.5. The van der Waals surface area contributed by atoms with Crippen LogP contribution in [0, 0.1) is 10.1 Å². The molecule has 21 heavy (non-hydrogen) atoms. The average Bonchev–Trinajstić information content (AvgIpc) is 2.43. The molecule has 0 radical (unpaired) electrons. The van der Waals surface area contributed by atoms with Gasteiger partial charge in [0, 0.05) is 11.6 Å². The number of nitro benzene ring substituents is 1. The number of rotatable bonds is 3. The Bertz CT molecular complexity index is 732. The number of hydrogen-bond acceptors (Lipinski definition) is 5. The number of amides is 1. The highest BCUT2D eigenvalue weighted by Gasteiger charge is 2.20. The highest BCUT2D eigenvalue weighted by Crippen LogP contribution is 2.33. The van der Waals surface area contributed by atoms with E-state index in [1.165, 1.54) is 30.3 Å². The standard InChI is InChI=1S/C13H9ClN2O5/c14-8-6-7(4-5-10(8)17)13(19)15-12-9(16(20)21)2-1-3-11(12)18/h1-6,17-18H,(H,15,19). The average molecular weight is 309 g/mol. The Kier molecular flexibility index (Phi) is 3.95. The summed E-state index contributed by atoms with van der Waals surface area (Å²) in [6.07, 6.45) is 0. The van der Waals surface area contributed by atoms with Gasteiger partial charge in [-0.3, -0.25) is 14.9 Å². The number of para-hydroxylation sites is 1. The Morgan fingerprint density at radius 2 is 1.90 bits per heavy atom. The predicted octanol–water partition coefficient (Wildman–Crippen LogP) is 2.91. The number of nitrogens with zero attached hydrogens (tertiary/aromatic N) is 1. The zero-order valence-corrected chi connectivity index (χ0v) is 11.2. The van der Waals surface area contributed by atoms with Crippen molar-refractivity contribution in [2.75, 3.05) is 5.32 Å². The number of carbonyl (C=O) groups is 1. The van der Waals surface area contributed by atoms with Gasteiger partial charge < -0.3 is 15.5 Å². The fourth-order valence-electron chi connectivity index (χ4n) is 1.64. The monoisotopic (exact) mass is 308 g/mol. The summed E-state index contributed by atoms with van der Waals surface area (Å²) in [5.74, 6) is -1.33. The summed E-state index contributed by atoms with van der Waals surface area (Å²) < 4.78 is 0. The number of benzene rings is 2. The molecule has 0 aromatic heterocycles. The van der Waals surface area contributed by atoms with Gasteiger partial charge in [-0.2, -0.15) is 0 Å². The largest absolute Gasteiger partial charge is 0.506 e. The number of phenols is 2. The summed E-state index contributed by atoms with van der Waals surface area (Å²) in [7, 11) is 0. The van der Waals surface area contributed by atoms with Gasteiger partial charge in [-0.05, 0) is 24.3 Å². The summed E-state index contributed by atoms with van der Waals surface area (Å²) in [4.78, 5) is 22.2. The molecule has 0 saturated carbocycles. The number of anilines is 1. The molecule has 7 nitrogen and oxygen atoms in total. The maximum Gasteiger partial charge on any atom is 0.296 e. The minimum absolute atomic E-state index is 0.0329. The molecule has 0 aliphatic carbocycles. The van der Waals surface area contributed by atoms with Gasteiger partial charge in [0.25, 0.3) is 11.6 Å². The molecule has 0 fully saturated rings. The first-order valence-electron chi connectivity index (χ1n) is 5.66. The first-order valence-corrected chi connectivity index (χ1v) is 6.04. The van der Waals surface area contributed by atoms with E-state index in [1.54, 1.807) is 0 Å². The lowest BCUT2D eigenvalue weighted by atomic mass is 10.2. The zero-order chi connectivity index (χ0) is 15.6. The molecule has 0 heterocycles. The minimum Gasteiger partial charge on any atom is -0.506 e. The lowest BCUT2D eigenvalue weighted by molar-refractivity contribution is -0.384. The molecular weight excluding hydrogens is 300 g/mol. The fraction of sp³-hybridized carbons (Fsp3) is 0. The van der Waals surface area contributed by atoms with Crippen LogP contribution in [0.2, 0.25) is 5.02 Å². The molecule has 0 saturated heterocycles. The van der Waals surface area contributed by atoms with Crippen molar-refractivity contribution in [2.24, 2.45) is 0 Å². The van der Waals surface area contributed by atoms with Crippen LogP contribution in [0.4, 0.5) is 11.4 Å². The van der Waals surface area contributed by atoms with Gasteiger partial charge in [-0.1, -0.05) is 17.7 Å². The number of halogens is 1. The van der Waals surface area contributed by atoms with Crippen molar-refractivity contribution in [3.05, 3.63) is 57.1 Å². The first kappa shape index (κ1) is 14.6. The van der Waals surface area contributed by atoms with Crippen LogP contribution in [0.25, 0.3) is 0 Å². The van der Waals surface area contributed by atoms with Gasteiger partial charge in [0.1, 0.15) is 11.5 Å². The molecule has 0 spiro atoms. The maximum absolute atomic E-state index is 12.0. The van der Waals surface area contributed by atoms with Crippen LogP contribution in [-0.2, 0) is 0 Å². The summed E-state index contributed by atoms with van der Waals surface area (Å²) in [6, 6.07) is 7.38. The van der Waals surface area contributed by atoms with Crippen molar-refractivity contribution >= 4 is 28.9 Å². The third kappa shape index (κ3) is 3.03. The Balaban J connectivity index is 2.36. The number of nitro groups is 1. The third-order valence-corrected chi connectivity index (χ3v) is 2.97. The summed E-state index contributed by atoms with van der Waals surface area (Å²) >= 11 is 5.69. The Hall–Kier alpha value is -2.80. The van der Waals surface area contributed by atoms with E-state index in [2.05, 4.69) is 5.32 Å². The Labute approximate surface area is 123 Å². The topological polar surface area (TPSA) is 113 Å². The van der Waals surface area contributed by atoms with Crippen molar-refractivity contribution in [3.8, 4) is 11.5 Å². The highest BCUT2D eigenvalue weighted by molar-refractivity contribution is 6.32. The van der Waals surface area contributed by atoms with E-state index >= 15 is 0 Å². The molecule has 0 atom stereocenters. The number of nitrogens with one attached hydrogen (secondary N) is 1. The van der Waals surface area contributed by atoms with Crippen LogP contribution in [-0.4, -0.2) is 21.0 Å². The Morgan fingerprint density at radius 3 is 2.52 bits per heavy atom.